The molecular weight excluding hydrogens is 282 g/mol. The summed E-state index contributed by atoms with van der Waals surface area (Å²) in [6.07, 6.45) is 11.3. The first kappa shape index (κ1) is 23.5. The number of rotatable bonds is 11. The molecule has 0 rings (SSSR count). The Morgan fingerprint density at radius 1 is 0.957 bits per heavy atom. The lowest BCUT2D eigenvalue weighted by Crippen LogP contribution is -1.96. The molecule has 1 atom stereocenters. The van der Waals surface area contributed by atoms with Crippen molar-refractivity contribution in [2.24, 2.45) is 11.7 Å². The predicted molar refractivity (Wildman–Crippen MR) is 105 cm³/mol. The minimum absolute atomic E-state index is 0.510. The molecule has 0 saturated heterocycles. The molecule has 0 heterocycles. The third kappa shape index (κ3) is 12.4. The average molecular weight is 318 g/mol. The maximum atomic E-state index is 5.25. The van der Waals surface area contributed by atoms with Crippen LogP contribution in [0.1, 0.15) is 40.0 Å². The molecular formula is C21H35NO. The van der Waals surface area contributed by atoms with Crippen LogP contribution in [0.4, 0.5) is 0 Å². The van der Waals surface area contributed by atoms with Crippen molar-refractivity contribution in [2.75, 3.05) is 13.7 Å². The molecule has 2 heteroatoms. The molecule has 1 unspecified atom stereocenters. The zero-order valence-corrected chi connectivity index (χ0v) is 15.5. The molecule has 0 aliphatic carbocycles. The van der Waals surface area contributed by atoms with Crippen LogP contribution in [0.2, 0.25) is 0 Å². The fourth-order valence-electron chi connectivity index (χ4n) is 1.71. The van der Waals surface area contributed by atoms with Gasteiger partial charge in [-0.3, -0.25) is 0 Å². The molecule has 2 N–H and O–H groups in total. The van der Waals surface area contributed by atoms with Gasteiger partial charge in [0.25, 0.3) is 0 Å². The van der Waals surface area contributed by atoms with Crippen LogP contribution in [-0.4, -0.2) is 13.7 Å². The first-order valence-electron chi connectivity index (χ1n) is 8.24. The highest BCUT2D eigenvalue weighted by atomic mass is 16.5. The van der Waals surface area contributed by atoms with Gasteiger partial charge in [-0.2, -0.15) is 0 Å². The molecule has 0 aliphatic rings. The Balaban J connectivity index is 0. The summed E-state index contributed by atoms with van der Waals surface area (Å²) in [6.45, 7) is 22.9. The first-order valence-corrected chi connectivity index (χ1v) is 8.24. The number of hydrogen-bond acceptors (Lipinski definition) is 2. The van der Waals surface area contributed by atoms with E-state index in [4.69, 9.17) is 4.74 Å². The van der Waals surface area contributed by atoms with Gasteiger partial charge in [-0.1, -0.05) is 76.8 Å². The third-order valence-corrected chi connectivity index (χ3v) is 3.33. The number of allylic oxidation sites excluding steroid dienone is 7. The number of unbranched alkanes of at least 4 members (excludes halogenated alkanes) is 1. The molecule has 23 heavy (non-hydrogen) atoms. The van der Waals surface area contributed by atoms with E-state index in [9.17, 15) is 0 Å². The standard InChI is InChI=1S/C20H30O.CH5N/c1-8-10-11-16(3)17(4)12-13-18(5)19(6)14-15-20(7)21-9-2;1-2/h12-16H,4-11H2,1-3H3;2H2,1H3/b13-12-,15-14-;. The fourth-order valence-corrected chi connectivity index (χ4v) is 1.71. The van der Waals surface area contributed by atoms with Gasteiger partial charge in [0.1, 0.15) is 5.76 Å². The molecule has 2 nitrogen and oxygen atoms in total. The largest absolute Gasteiger partial charge is 0.495 e. The van der Waals surface area contributed by atoms with Crippen LogP contribution >= 0.6 is 0 Å². The lowest BCUT2D eigenvalue weighted by molar-refractivity contribution is 0.244. The third-order valence-electron chi connectivity index (χ3n) is 3.33. The van der Waals surface area contributed by atoms with E-state index in [-0.39, 0.29) is 0 Å². The summed E-state index contributed by atoms with van der Waals surface area (Å²) in [5, 5.41) is 0. The zero-order valence-electron chi connectivity index (χ0n) is 15.5. The van der Waals surface area contributed by atoms with Crippen molar-refractivity contribution in [3.8, 4) is 0 Å². The molecule has 0 spiro atoms. The summed E-state index contributed by atoms with van der Waals surface area (Å²) in [6, 6.07) is 0. The summed E-state index contributed by atoms with van der Waals surface area (Å²) in [4.78, 5) is 0. The highest BCUT2D eigenvalue weighted by molar-refractivity contribution is 5.45. The molecule has 0 aliphatic heterocycles. The molecule has 0 fully saturated rings. The summed E-state index contributed by atoms with van der Waals surface area (Å²) >= 11 is 0. The second kappa shape index (κ2) is 15.1. The monoisotopic (exact) mass is 317 g/mol. The highest BCUT2D eigenvalue weighted by Crippen LogP contribution is 2.19. The van der Waals surface area contributed by atoms with Gasteiger partial charge in [-0.15, -0.1) is 0 Å². The van der Waals surface area contributed by atoms with Gasteiger partial charge >= 0.3 is 0 Å². The normalized spacial score (nSPS) is 11.7. The van der Waals surface area contributed by atoms with Crippen LogP contribution in [0.15, 0.2) is 73.1 Å². The fraction of sp³-hybridized carbons (Fsp3) is 0.429. The van der Waals surface area contributed by atoms with Gasteiger partial charge in [-0.05, 0) is 43.5 Å². The average Bonchev–Trinajstić information content (AvgIpc) is 2.56. The Bertz CT molecular complexity index is 441. The quantitative estimate of drug-likeness (QED) is 0.391. The van der Waals surface area contributed by atoms with Gasteiger partial charge in [0.15, 0.2) is 0 Å². The van der Waals surface area contributed by atoms with Gasteiger partial charge < -0.3 is 10.5 Å². The Morgan fingerprint density at radius 2 is 1.48 bits per heavy atom. The van der Waals surface area contributed by atoms with E-state index >= 15 is 0 Å². The summed E-state index contributed by atoms with van der Waals surface area (Å²) in [5.41, 5.74) is 7.36. The van der Waals surface area contributed by atoms with Crippen LogP contribution in [-0.2, 0) is 4.74 Å². The summed E-state index contributed by atoms with van der Waals surface area (Å²) in [5.74, 6) is 1.14. The summed E-state index contributed by atoms with van der Waals surface area (Å²) < 4.78 is 5.25. The maximum absolute atomic E-state index is 5.25. The highest BCUT2D eigenvalue weighted by Gasteiger charge is 2.03. The maximum Gasteiger partial charge on any atom is 0.112 e. The number of hydrogen-bond donors (Lipinski definition) is 1. The first-order chi connectivity index (χ1) is 10.9. The molecule has 130 valence electrons. The smallest absolute Gasteiger partial charge is 0.112 e. The topological polar surface area (TPSA) is 35.2 Å². The minimum Gasteiger partial charge on any atom is -0.495 e. The van der Waals surface area contributed by atoms with Crippen molar-refractivity contribution in [3.63, 3.8) is 0 Å². The van der Waals surface area contributed by atoms with E-state index in [0.717, 1.165) is 16.7 Å². The van der Waals surface area contributed by atoms with Crippen LogP contribution < -0.4 is 5.73 Å². The van der Waals surface area contributed by atoms with E-state index in [1.807, 2.05) is 31.2 Å². The lowest BCUT2D eigenvalue weighted by atomic mass is 9.95. The van der Waals surface area contributed by atoms with Crippen LogP contribution in [0.5, 0.6) is 0 Å². The molecule has 0 aromatic heterocycles. The molecule has 0 amide bonds. The van der Waals surface area contributed by atoms with E-state index in [1.165, 1.54) is 26.3 Å². The Kier molecular flexibility index (Phi) is 15.4. The molecule has 0 bridgehead atoms. The lowest BCUT2D eigenvalue weighted by Gasteiger charge is -2.10. The molecule has 0 saturated carbocycles. The molecule has 0 aromatic carbocycles. The van der Waals surface area contributed by atoms with Crippen LogP contribution in [0.3, 0.4) is 0 Å². The van der Waals surface area contributed by atoms with E-state index in [0.29, 0.717) is 18.3 Å². The number of ether oxygens (including phenoxy) is 1. The van der Waals surface area contributed by atoms with Crippen molar-refractivity contribution in [3.05, 3.63) is 73.1 Å². The van der Waals surface area contributed by atoms with Gasteiger partial charge in [0, 0.05) is 0 Å². The van der Waals surface area contributed by atoms with Gasteiger partial charge in [0.2, 0.25) is 0 Å². The van der Waals surface area contributed by atoms with Crippen LogP contribution in [0.25, 0.3) is 0 Å². The second-order valence-electron chi connectivity index (χ2n) is 5.23. The Hall–Kier alpha value is -1.80. The van der Waals surface area contributed by atoms with Crippen molar-refractivity contribution in [1.29, 1.82) is 0 Å². The SMILES string of the molecule is C=C(/C=C\C(=C)C(=C)/C=C\C(=C)C(C)CCCC)OCC.CN. The number of nitrogens with two attached hydrogens (primary N) is 1. The minimum atomic E-state index is 0.510. The predicted octanol–water partition coefficient (Wildman–Crippen LogP) is 5.72. The Labute approximate surface area is 143 Å². The van der Waals surface area contributed by atoms with E-state index in [2.05, 4.69) is 45.9 Å². The van der Waals surface area contributed by atoms with Gasteiger partial charge in [-0.25, -0.2) is 0 Å². The van der Waals surface area contributed by atoms with Crippen molar-refractivity contribution in [1.82, 2.24) is 0 Å². The Morgan fingerprint density at radius 3 is 1.96 bits per heavy atom. The second-order valence-corrected chi connectivity index (χ2v) is 5.23. The molecule has 0 aromatic rings. The zero-order chi connectivity index (χ0) is 18.3. The van der Waals surface area contributed by atoms with E-state index in [1.54, 1.807) is 0 Å². The summed E-state index contributed by atoms with van der Waals surface area (Å²) in [7, 11) is 1.50. The van der Waals surface area contributed by atoms with E-state index < -0.39 is 0 Å². The van der Waals surface area contributed by atoms with Gasteiger partial charge in [0.05, 0.1) is 6.61 Å². The van der Waals surface area contributed by atoms with Crippen molar-refractivity contribution < 1.29 is 4.74 Å². The van der Waals surface area contributed by atoms with Crippen LogP contribution in [0, 0.1) is 5.92 Å². The van der Waals surface area contributed by atoms with Crippen molar-refractivity contribution in [2.45, 2.75) is 40.0 Å². The van der Waals surface area contributed by atoms with Crippen molar-refractivity contribution >= 4 is 0 Å². The molecule has 0 radical (unpaired) electrons.